The first-order valence-corrected chi connectivity index (χ1v) is 10.3. The Balaban J connectivity index is 2.05. The van der Waals surface area contributed by atoms with Gasteiger partial charge in [0, 0.05) is 6.07 Å². The van der Waals surface area contributed by atoms with Gasteiger partial charge in [-0.1, -0.05) is 18.2 Å². The lowest BCUT2D eigenvalue weighted by atomic mass is 9.93. The number of nitrogens with zero attached hydrogens (tertiary/aromatic N) is 1. The summed E-state index contributed by atoms with van der Waals surface area (Å²) in [6, 6.07) is 10.3. The summed E-state index contributed by atoms with van der Waals surface area (Å²) in [6.45, 7) is 3.55. The van der Waals surface area contributed by atoms with Gasteiger partial charge in [0.25, 0.3) is 11.7 Å². The van der Waals surface area contributed by atoms with Crippen LogP contribution in [0.1, 0.15) is 28.3 Å². The number of Topliss-reactive ketones (excluding diaryl/α,β-unsaturated/α-hetero) is 1. The summed E-state index contributed by atoms with van der Waals surface area (Å²) < 4.78 is 34.2. The number of methoxy groups -OCH3 is 1. The Hall–Kier alpha value is -4.20. The van der Waals surface area contributed by atoms with E-state index in [0.717, 1.165) is 28.7 Å². The Kier molecular flexibility index (Phi) is 5.83. The number of phenols is 1. The number of halogens is 2. The summed E-state index contributed by atoms with van der Waals surface area (Å²) in [5, 5.41) is 21.4. The van der Waals surface area contributed by atoms with E-state index in [-0.39, 0.29) is 22.4 Å². The van der Waals surface area contributed by atoms with E-state index < -0.39 is 40.8 Å². The molecule has 2 N–H and O–H groups in total. The number of aliphatic hydroxyl groups excluding tert-OH is 1. The monoisotopic (exact) mass is 465 g/mol. The van der Waals surface area contributed by atoms with Crippen molar-refractivity contribution < 1.29 is 33.3 Å². The zero-order valence-electron chi connectivity index (χ0n) is 18.6. The van der Waals surface area contributed by atoms with Crippen molar-refractivity contribution >= 4 is 23.1 Å². The first-order valence-electron chi connectivity index (χ1n) is 10.3. The average molecular weight is 465 g/mol. The van der Waals surface area contributed by atoms with Crippen LogP contribution >= 0.6 is 0 Å². The largest absolute Gasteiger partial charge is 0.508 e. The summed E-state index contributed by atoms with van der Waals surface area (Å²) >= 11 is 0. The zero-order valence-corrected chi connectivity index (χ0v) is 18.6. The third kappa shape index (κ3) is 3.77. The summed E-state index contributed by atoms with van der Waals surface area (Å²) in [4.78, 5) is 27.1. The van der Waals surface area contributed by atoms with Crippen LogP contribution in [0.5, 0.6) is 11.5 Å². The fourth-order valence-corrected chi connectivity index (χ4v) is 4.31. The van der Waals surface area contributed by atoms with Gasteiger partial charge in [0.15, 0.2) is 0 Å². The van der Waals surface area contributed by atoms with Crippen LogP contribution in [0.25, 0.3) is 5.76 Å². The molecule has 0 bridgehead atoms. The normalized spacial score (nSPS) is 17.3. The highest BCUT2D eigenvalue weighted by Gasteiger charge is 2.48. The van der Waals surface area contributed by atoms with Gasteiger partial charge >= 0.3 is 0 Å². The number of benzene rings is 3. The lowest BCUT2D eigenvalue weighted by Crippen LogP contribution is -2.30. The number of carbonyl (C=O) groups is 2. The number of aryl methyl sites for hydroxylation is 2. The van der Waals surface area contributed by atoms with Gasteiger partial charge in [0.05, 0.1) is 30.0 Å². The number of ether oxygens (including phenoxy) is 1. The second kappa shape index (κ2) is 8.62. The summed E-state index contributed by atoms with van der Waals surface area (Å²) in [6.07, 6.45) is 0. The molecule has 6 nitrogen and oxygen atoms in total. The lowest BCUT2D eigenvalue weighted by molar-refractivity contribution is -0.132. The predicted octanol–water partition coefficient (Wildman–Crippen LogP) is 4.92. The fraction of sp³-hybridized carbons (Fsp3) is 0.154. The molecule has 1 aliphatic heterocycles. The average Bonchev–Trinajstić information content (AvgIpc) is 3.05. The van der Waals surface area contributed by atoms with Gasteiger partial charge in [-0.15, -0.1) is 0 Å². The Bertz CT molecular complexity index is 1370. The van der Waals surface area contributed by atoms with Gasteiger partial charge in [0.1, 0.15) is 28.9 Å². The van der Waals surface area contributed by atoms with Crippen molar-refractivity contribution in [3.8, 4) is 11.5 Å². The highest BCUT2D eigenvalue weighted by atomic mass is 19.1. The van der Waals surface area contributed by atoms with E-state index in [9.17, 15) is 28.6 Å². The molecular formula is C26H21F2NO5. The molecule has 0 aliphatic carbocycles. The van der Waals surface area contributed by atoms with Crippen molar-refractivity contribution in [2.75, 3.05) is 12.0 Å². The predicted molar refractivity (Wildman–Crippen MR) is 122 cm³/mol. The molecule has 1 saturated heterocycles. The van der Waals surface area contributed by atoms with E-state index in [2.05, 4.69) is 0 Å². The minimum absolute atomic E-state index is 0.169. The van der Waals surface area contributed by atoms with E-state index in [1.54, 1.807) is 19.9 Å². The van der Waals surface area contributed by atoms with Gasteiger partial charge in [-0.05, 0) is 60.9 Å². The molecule has 1 aliphatic rings. The maximum atomic E-state index is 14.7. The molecular weight excluding hydrogens is 444 g/mol. The number of amides is 1. The van der Waals surface area contributed by atoms with Crippen LogP contribution in [-0.4, -0.2) is 29.0 Å². The molecule has 0 saturated carbocycles. The van der Waals surface area contributed by atoms with Crippen LogP contribution in [0.15, 0.2) is 60.2 Å². The first-order chi connectivity index (χ1) is 16.1. The molecule has 8 heteroatoms. The van der Waals surface area contributed by atoms with Gasteiger partial charge in [-0.25, -0.2) is 8.78 Å². The maximum Gasteiger partial charge on any atom is 0.300 e. The molecule has 4 rings (SSSR count). The van der Waals surface area contributed by atoms with E-state index in [4.69, 9.17) is 4.74 Å². The van der Waals surface area contributed by atoms with Crippen molar-refractivity contribution in [1.82, 2.24) is 0 Å². The van der Waals surface area contributed by atoms with Crippen LogP contribution in [0.2, 0.25) is 0 Å². The molecule has 0 aromatic heterocycles. The van der Waals surface area contributed by atoms with Crippen molar-refractivity contribution in [3.63, 3.8) is 0 Å². The number of anilines is 1. The van der Waals surface area contributed by atoms with Gasteiger partial charge < -0.3 is 14.9 Å². The molecule has 3 aromatic carbocycles. The second-order valence-electron chi connectivity index (χ2n) is 8.02. The number of aromatic hydroxyl groups is 1. The number of phenolic OH excluding ortho intramolecular Hbond substituents is 1. The third-order valence-electron chi connectivity index (χ3n) is 5.68. The fourth-order valence-electron chi connectivity index (χ4n) is 4.31. The molecule has 34 heavy (non-hydrogen) atoms. The van der Waals surface area contributed by atoms with Crippen molar-refractivity contribution in [3.05, 3.63) is 94.1 Å². The smallest absolute Gasteiger partial charge is 0.300 e. The molecule has 0 spiro atoms. The first kappa shape index (κ1) is 23.0. The molecule has 1 fully saturated rings. The quantitative estimate of drug-likeness (QED) is 0.324. The van der Waals surface area contributed by atoms with E-state index >= 15 is 0 Å². The Labute approximate surface area is 194 Å². The third-order valence-corrected chi connectivity index (χ3v) is 5.68. The maximum absolute atomic E-state index is 14.7. The SMILES string of the molecule is COc1c(C)cc(C)cc1/C(O)=C1\C(=O)C(=O)N(c2cc(F)ccc2F)C1c1cccc(O)c1. The number of rotatable bonds is 4. The number of aliphatic hydroxyl groups is 1. The van der Waals surface area contributed by atoms with E-state index in [1.165, 1.54) is 31.4 Å². The molecule has 0 radical (unpaired) electrons. The standard InChI is InChI=1S/C26H21F2NO5/c1-13-9-14(2)25(34-3)18(10-13)23(31)21-22(15-5-4-6-17(30)11-15)29(26(33)24(21)32)20-12-16(27)7-8-19(20)28/h4-12,22,30-31H,1-3H3/b23-21+. The zero-order chi connectivity index (χ0) is 24.7. The Morgan fingerprint density at radius 2 is 1.76 bits per heavy atom. The van der Waals surface area contributed by atoms with Gasteiger partial charge in [0.2, 0.25) is 0 Å². The number of hydrogen-bond donors (Lipinski definition) is 2. The minimum Gasteiger partial charge on any atom is -0.508 e. The molecule has 1 amide bonds. The number of ketones is 1. The molecule has 1 atom stereocenters. The van der Waals surface area contributed by atoms with Crippen LogP contribution in [0.3, 0.4) is 0 Å². The van der Waals surface area contributed by atoms with E-state index in [1.807, 2.05) is 6.07 Å². The molecule has 1 heterocycles. The topological polar surface area (TPSA) is 87.1 Å². The van der Waals surface area contributed by atoms with Crippen LogP contribution in [0, 0.1) is 25.5 Å². The van der Waals surface area contributed by atoms with Gasteiger partial charge in [-0.2, -0.15) is 0 Å². The van der Waals surface area contributed by atoms with Crippen LogP contribution in [0.4, 0.5) is 14.5 Å². The Morgan fingerprint density at radius 3 is 2.44 bits per heavy atom. The van der Waals surface area contributed by atoms with E-state index in [0.29, 0.717) is 11.3 Å². The molecule has 174 valence electrons. The second-order valence-corrected chi connectivity index (χ2v) is 8.02. The highest BCUT2D eigenvalue weighted by molar-refractivity contribution is 6.51. The van der Waals surface area contributed by atoms with Crippen LogP contribution in [-0.2, 0) is 9.59 Å². The Morgan fingerprint density at radius 1 is 1.03 bits per heavy atom. The summed E-state index contributed by atoms with van der Waals surface area (Å²) in [7, 11) is 1.40. The summed E-state index contributed by atoms with van der Waals surface area (Å²) in [5.74, 6) is -4.40. The molecule has 3 aromatic rings. The number of carbonyl (C=O) groups excluding carboxylic acids is 2. The minimum atomic E-state index is -1.34. The summed E-state index contributed by atoms with van der Waals surface area (Å²) in [5.41, 5.74) is 1.02. The molecule has 1 unspecified atom stereocenters. The van der Waals surface area contributed by atoms with Crippen molar-refractivity contribution in [1.29, 1.82) is 0 Å². The van der Waals surface area contributed by atoms with Gasteiger partial charge in [-0.3, -0.25) is 14.5 Å². The van der Waals surface area contributed by atoms with Crippen molar-refractivity contribution in [2.45, 2.75) is 19.9 Å². The number of hydrogen-bond acceptors (Lipinski definition) is 5. The lowest BCUT2D eigenvalue weighted by Gasteiger charge is -2.26. The van der Waals surface area contributed by atoms with Crippen molar-refractivity contribution in [2.24, 2.45) is 0 Å². The van der Waals surface area contributed by atoms with Crippen LogP contribution < -0.4 is 9.64 Å². The highest BCUT2D eigenvalue weighted by Crippen LogP contribution is 2.45.